The molecule has 2 heterocycles. The minimum Gasteiger partial charge on any atom is -0.373 e. The predicted molar refractivity (Wildman–Crippen MR) is 94.1 cm³/mol. The summed E-state index contributed by atoms with van der Waals surface area (Å²) in [5, 5.41) is 0. The van der Waals surface area contributed by atoms with Crippen LogP contribution in [0, 0.1) is 6.92 Å². The van der Waals surface area contributed by atoms with Gasteiger partial charge in [-0.1, -0.05) is 18.2 Å². The largest absolute Gasteiger partial charge is 0.373 e. The maximum absolute atomic E-state index is 15.0. The van der Waals surface area contributed by atoms with E-state index in [0.29, 0.717) is 24.2 Å². The standard InChI is InChI=1S/C19H21F2N3O/c1-13-7-6-11-22-17(13)19(20,21)18(25)24-14(2)10-12-23(3)15-8-4-5-9-16(15)24/h4-9,11,14H,10,12H2,1-3H3. The van der Waals surface area contributed by atoms with E-state index in [1.54, 1.807) is 25.1 Å². The number of alkyl halides is 2. The van der Waals surface area contributed by atoms with Gasteiger partial charge in [-0.3, -0.25) is 9.78 Å². The van der Waals surface area contributed by atoms with E-state index in [1.165, 1.54) is 24.1 Å². The van der Waals surface area contributed by atoms with Gasteiger partial charge >= 0.3 is 11.8 Å². The number of halogens is 2. The Morgan fingerprint density at radius 2 is 1.88 bits per heavy atom. The number of carbonyl (C=O) groups is 1. The summed E-state index contributed by atoms with van der Waals surface area (Å²) in [5.74, 6) is -4.92. The fourth-order valence-corrected chi connectivity index (χ4v) is 3.23. The molecular formula is C19H21F2N3O. The van der Waals surface area contributed by atoms with Crippen LogP contribution in [-0.4, -0.2) is 30.5 Å². The van der Waals surface area contributed by atoms with Gasteiger partial charge < -0.3 is 9.80 Å². The molecule has 2 aromatic rings. The maximum Gasteiger partial charge on any atom is 0.366 e. The molecule has 6 heteroatoms. The first kappa shape index (κ1) is 17.3. The fraction of sp³-hybridized carbons (Fsp3) is 0.368. The normalized spacial score (nSPS) is 17.9. The number of para-hydroxylation sites is 2. The summed E-state index contributed by atoms with van der Waals surface area (Å²) in [4.78, 5) is 19.9. The molecule has 1 amide bonds. The number of pyridine rings is 1. The number of fused-ring (bicyclic) bond motifs is 1. The van der Waals surface area contributed by atoms with Crippen molar-refractivity contribution < 1.29 is 13.6 Å². The van der Waals surface area contributed by atoms with E-state index in [4.69, 9.17) is 0 Å². The minimum absolute atomic E-state index is 0.300. The smallest absolute Gasteiger partial charge is 0.366 e. The van der Waals surface area contributed by atoms with Crippen LogP contribution < -0.4 is 9.80 Å². The molecular weight excluding hydrogens is 324 g/mol. The Balaban J connectivity index is 2.09. The number of hydrogen-bond acceptors (Lipinski definition) is 3. The molecule has 1 aliphatic rings. The quantitative estimate of drug-likeness (QED) is 0.832. The predicted octanol–water partition coefficient (Wildman–Crippen LogP) is 3.74. The Labute approximate surface area is 146 Å². The van der Waals surface area contributed by atoms with Crippen LogP contribution in [0.5, 0.6) is 0 Å². The van der Waals surface area contributed by atoms with Crippen LogP contribution in [-0.2, 0) is 10.7 Å². The summed E-state index contributed by atoms with van der Waals surface area (Å²) in [7, 11) is 1.90. The molecule has 0 fully saturated rings. The van der Waals surface area contributed by atoms with Gasteiger partial charge in [-0.2, -0.15) is 8.78 Å². The molecule has 1 aromatic heterocycles. The molecule has 0 radical (unpaired) electrons. The lowest BCUT2D eigenvalue weighted by Gasteiger charge is -2.31. The number of nitrogens with zero attached hydrogens (tertiary/aromatic N) is 3. The van der Waals surface area contributed by atoms with Crippen molar-refractivity contribution in [2.75, 3.05) is 23.4 Å². The summed E-state index contributed by atoms with van der Waals surface area (Å²) < 4.78 is 30.0. The van der Waals surface area contributed by atoms with Crippen molar-refractivity contribution >= 4 is 17.3 Å². The topological polar surface area (TPSA) is 36.4 Å². The zero-order chi connectivity index (χ0) is 18.2. The molecule has 0 saturated heterocycles. The van der Waals surface area contributed by atoms with Gasteiger partial charge in [0.1, 0.15) is 5.69 Å². The highest BCUT2D eigenvalue weighted by atomic mass is 19.3. The van der Waals surface area contributed by atoms with Crippen molar-refractivity contribution in [3.63, 3.8) is 0 Å². The van der Waals surface area contributed by atoms with E-state index >= 15 is 8.78 Å². The number of rotatable bonds is 2. The van der Waals surface area contributed by atoms with E-state index in [-0.39, 0.29) is 6.04 Å². The highest BCUT2D eigenvalue weighted by molar-refractivity contribution is 6.02. The number of anilines is 2. The minimum atomic E-state index is -3.68. The van der Waals surface area contributed by atoms with Gasteiger partial charge in [0.2, 0.25) is 0 Å². The molecule has 3 rings (SSSR count). The van der Waals surface area contributed by atoms with Crippen LogP contribution in [0.15, 0.2) is 42.6 Å². The SMILES string of the molecule is Cc1cccnc1C(F)(F)C(=O)N1c2ccccc2N(C)CCC1C. The summed E-state index contributed by atoms with van der Waals surface area (Å²) in [6, 6.07) is 9.94. The molecule has 1 aliphatic heterocycles. The maximum atomic E-state index is 15.0. The summed E-state index contributed by atoms with van der Waals surface area (Å²) in [5.41, 5.74) is 1.10. The Morgan fingerprint density at radius 3 is 2.56 bits per heavy atom. The molecule has 1 unspecified atom stereocenters. The van der Waals surface area contributed by atoms with E-state index in [1.807, 2.05) is 24.1 Å². The molecule has 0 bridgehead atoms. The van der Waals surface area contributed by atoms with Gasteiger partial charge in [-0.15, -0.1) is 0 Å². The summed E-state index contributed by atoms with van der Waals surface area (Å²) in [6.07, 6.45) is 1.89. The van der Waals surface area contributed by atoms with Gasteiger partial charge in [0.25, 0.3) is 0 Å². The molecule has 25 heavy (non-hydrogen) atoms. The number of hydrogen-bond donors (Lipinski definition) is 0. The first-order chi connectivity index (χ1) is 11.8. The third-order valence-corrected chi connectivity index (χ3v) is 4.67. The van der Waals surface area contributed by atoms with Gasteiger partial charge in [-0.05, 0) is 44.0 Å². The lowest BCUT2D eigenvalue weighted by atomic mass is 10.1. The zero-order valence-corrected chi connectivity index (χ0v) is 14.5. The Morgan fingerprint density at radius 1 is 1.20 bits per heavy atom. The van der Waals surface area contributed by atoms with E-state index in [2.05, 4.69) is 4.98 Å². The Kier molecular flexibility index (Phi) is 4.45. The van der Waals surface area contributed by atoms with E-state index in [9.17, 15) is 4.79 Å². The average Bonchev–Trinajstić information content (AvgIpc) is 2.72. The molecule has 1 aromatic carbocycles. The fourth-order valence-electron chi connectivity index (χ4n) is 3.23. The number of benzene rings is 1. The van der Waals surface area contributed by atoms with Crippen molar-refractivity contribution in [1.29, 1.82) is 0 Å². The lowest BCUT2D eigenvalue weighted by molar-refractivity contribution is -0.145. The Hall–Kier alpha value is -2.50. The van der Waals surface area contributed by atoms with Gasteiger partial charge in [-0.25, -0.2) is 0 Å². The van der Waals surface area contributed by atoms with Crippen LogP contribution in [0.4, 0.5) is 20.2 Å². The number of carbonyl (C=O) groups excluding carboxylic acids is 1. The van der Waals surface area contributed by atoms with Crippen LogP contribution in [0.3, 0.4) is 0 Å². The highest BCUT2D eigenvalue weighted by Gasteiger charge is 2.48. The molecule has 4 nitrogen and oxygen atoms in total. The summed E-state index contributed by atoms with van der Waals surface area (Å²) >= 11 is 0. The summed E-state index contributed by atoms with van der Waals surface area (Å²) in [6.45, 7) is 4.03. The van der Waals surface area contributed by atoms with Crippen molar-refractivity contribution in [3.8, 4) is 0 Å². The van der Waals surface area contributed by atoms with Crippen molar-refractivity contribution in [2.24, 2.45) is 0 Å². The van der Waals surface area contributed by atoms with Crippen molar-refractivity contribution in [3.05, 3.63) is 53.9 Å². The second-order valence-electron chi connectivity index (χ2n) is 6.47. The second-order valence-corrected chi connectivity index (χ2v) is 6.47. The van der Waals surface area contributed by atoms with Crippen LogP contribution in [0.1, 0.15) is 24.6 Å². The number of aryl methyl sites for hydroxylation is 1. The van der Waals surface area contributed by atoms with Crippen LogP contribution in [0.25, 0.3) is 0 Å². The van der Waals surface area contributed by atoms with Crippen molar-refractivity contribution in [2.45, 2.75) is 32.2 Å². The van der Waals surface area contributed by atoms with Gasteiger partial charge in [0.15, 0.2) is 0 Å². The van der Waals surface area contributed by atoms with E-state index < -0.39 is 17.5 Å². The molecule has 0 spiro atoms. The first-order valence-electron chi connectivity index (χ1n) is 8.27. The first-order valence-corrected chi connectivity index (χ1v) is 8.27. The van der Waals surface area contributed by atoms with Crippen molar-refractivity contribution in [1.82, 2.24) is 4.98 Å². The van der Waals surface area contributed by atoms with Crippen LogP contribution in [0.2, 0.25) is 0 Å². The van der Waals surface area contributed by atoms with E-state index in [0.717, 1.165) is 5.69 Å². The highest BCUT2D eigenvalue weighted by Crippen LogP contribution is 2.39. The third-order valence-electron chi connectivity index (χ3n) is 4.67. The Bertz CT molecular complexity index is 794. The average molecular weight is 345 g/mol. The molecule has 1 atom stereocenters. The molecule has 0 saturated carbocycles. The zero-order valence-electron chi connectivity index (χ0n) is 14.5. The van der Waals surface area contributed by atoms with Gasteiger partial charge in [0.05, 0.1) is 11.4 Å². The number of aromatic nitrogens is 1. The molecule has 0 aliphatic carbocycles. The molecule has 132 valence electrons. The van der Waals surface area contributed by atoms with Crippen LogP contribution >= 0.6 is 0 Å². The number of amides is 1. The lowest BCUT2D eigenvalue weighted by Crippen LogP contribution is -2.47. The molecule has 0 N–H and O–H groups in total. The monoisotopic (exact) mass is 345 g/mol. The third kappa shape index (κ3) is 2.97. The van der Waals surface area contributed by atoms with Gasteiger partial charge in [0, 0.05) is 25.8 Å². The second kappa shape index (κ2) is 6.43.